The second kappa shape index (κ2) is 6.33. The highest BCUT2D eigenvalue weighted by molar-refractivity contribution is 5.91. The van der Waals surface area contributed by atoms with E-state index in [4.69, 9.17) is 4.74 Å². The zero-order valence-corrected chi connectivity index (χ0v) is 11.2. The molecule has 19 heavy (non-hydrogen) atoms. The average molecular weight is 267 g/mol. The molecule has 4 nitrogen and oxygen atoms in total. The minimum Gasteiger partial charge on any atom is -0.494 e. The van der Waals surface area contributed by atoms with Crippen LogP contribution in [0.5, 0.6) is 5.75 Å². The van der Waals surface area contributed by atoms with E-state index >= 15 is 0 Å². The van der Waals surface area contributed by atoms with Crippen molar-refractivity contribution in [2.45, 2.75) is 19.4 Å². The molecule has 0 saturated carbocycles. The average Bonchev–Trinajstić information content (AvgIpc) is 2.33. The Kier molecular flexibility index (Phi) is 5.06. The molecule has 0 spiro atoms. The number of ether oxygens (including phenoxy) is 1. The van der Waals surface area contributed by atoms with E-state index in [-0.39, 0.29) is 18.2 Å². The van der Waals surface area contributed by atoms with Crippen molar-refractivity contribution in [3.05, 3.63) is 35.7 Å². The van der Waals surface area contributed by atoms with Crippen LogP contribution in [0.25, 0.3) is 6.08 Å². The number of aliphatic hydroxyl groups is 1. The van der Waals surface area contributed by atoms with Crippen molar-refractivity contribution >= 4 is 12.0 Å². The molecule has 1 rings (SSSR count). The van der Waals surface area contributed by atoms with E-state index in [1.165, 1.54) is 31.4 Å². The molecule has 0 atom stereocenters. The van der Waals surface area contributed by atoms with Crippen LogP contribution < -0.4 is 10.1 Å². The normalized spacial score (nSPS) is 11.6. The SMILES string of the molecule is COc1ccc(C=CC(=O)NCC(C)(C)O)cc1F. The number of amides is 1. The van der Waals surface area contributed by atoms with Gasteiger partial charge in [0, 0.05) is 12.6 Å². The lowest BCUT2D eigenvalue weighted by Gasteiger charge is -2.16. The highest BCUT2D eigenvalue weighted by Gasteiger charge is 2.12. The Bertz CT molecular complexity index is 478. The van der Waals surface area contributed by atoms with Crippen molar-refractivity contribution in [3.8, 4) is 5.75 Å². The van der Waals surface area contributed by atoms with Crippen LogP contribution in [-0.2, 0) is 4.79 Å². The summed E-state index contributed by atoms with van der Waals surface area (Å²) in [6.45, 7) is 3.33. The molecule has 0 aliphatic rings. The van der Waals surface area contributed by atoms with E-state index in [1.54, 1.807) is 19.9 Å². The van der Waals surface area contributed by atoms with Gasteiger partial charge in [0.15, 0.2) is 11.6 Å². The van der Waals surface area contributed by atoms with Gasteiger partial charge < -0.3 is 15.2 Å². The van der Waals surface area contributed by atoms with Crippen LogP contribution in [-0.4, -0.2) is 30.3 Å². The molecule has 0 unspecified atom stereocenters. The molecule has 1 aromatic rings. The van der Waals surface area contributed by atoms with Crippen molar-refractivity contribution in [1.82, 2.24) is 5.32 Å². The Hall–Kier alpha value is -1.88. The van der Waals surface area contributed by atoms with E-state index in [0.717, 1.165) is 0 Å². The van der Waals surface area contributed by atoms with Crippen molar-refractivity contribution in [1.29, 1.82) is 0 Å². The Morgan fingerprint density at radius 3 is 2.74 bits per heavy atom. The first-order valence-electron chi connectivity index (χ1n) is 5.83. The van der Waals surface area contributed by atoms with Crippen LogP contribution >= 0.6 is 0 Å². The highest BCUT2D eigenvalue weighted by atomic mass is 19.1. The molecule has 0 saturated heterocycles. The quantitative estimate of drug-likeness (QED) is 0.799. The van der Waals surface area contributed by atoms with Gasteiger partial charge in [0.05, 0.1) is 12.7 Å². The first-order valence-corrected chi connectivity index (χ1v) is 5.83. The van der Waals surface area contributed by atoms with Crippen LogP contribution in [0, 0.1) is 5.82 Å². The van der Waals surface area contributed by atoms with Crippen molar-refractivity contribution in [2.75, 3.05) is 13.7 Å². The third kappa shape index (κ3) is 5.52. The number of rotatable bonds is 5. The zero-order valence-electron chi connectivity index (χ0n) is 11.2. The van der Waals surface area contributed by atoms with Gasteiger partial charge in [-0.15, -0.1) is 0 Å². The minimum absolute atomic E-state index is 0.146. The third-order valence-corrected chi connectivity index (χ3v) is 2.30. The molecule has 0 aliphatic heterocycles. The highest BCUT2D eigenvalue weighted by Crippen LogP contribution is 2.18. The van der Waals surface area contributed by atoms with E-state index in [1.807, 2.05) is 0 Å². The molecule has 0 aliphatic carbocycles. The molecule has 2 N–H and O–H groups in total. The van der Waals surface area contributed by atoms with E-state index in [9.17, 15) is 14.3 Å². The molecule has 0 aromatic heterocycles. The maximum absolute atomic E-state index is 13.4. The Balaban J connectivity index is 2.61. The second-order valence-corrected chi connectivity index (χ2v) is 4.76. The van der Waals surface area contributed by atoms with Gasteiger partial charge in [-0.1, -0.05) is 6.07 Å². The fraction of sp³-hybridized carbons (Fsp3) is 0.357. The summed E-state index contributed by atoms with van der Waals surface area (Å²) in [5.41, 5.74) is -0.410. The maximum atomic E-state index is 13.4. The van der Waals surface area contributed by atoms with Crippen LogP contribution in [0.2, 0.25) is 0 Å². The number of hydrogen-bond acceptors (Lipinski definition) is 3. The molecule has 0 heterocycles. The summed E-state index contributed by atoms with van der Waals surface area (Å²) in [6, 6.07) is 4.41. The smallest absolute Gasteiger partial charge is 0.244 e. The van der Waals surface area contributed by atoms with Gasteiger partial charge in [-0.25, -0.2) is 4.39 Å². The van der Waals surface area contributed by atoms with Gasteiger partial charge >= 0.3 is 0 Å². The van der Waals surface area contributed by atoms with Crippen LogP contribution in [0.1, 0.15) is 19.4 Å². The van der Waals surface area contributed by atoms with Crippen LogP contribution in [0.4, 0.5) is 4.39 Å². The minimum atomic E-state index is -0.963. The van der Waals surface area contributed by atoms with Gasteiger partial charge in [0.25, 0.3) is 0 Å². The Morgan fingerprint density at radius 1 is 1.53 bits per heavy atom. The van der Waals surface area contributed by atoms with Gasteiger partial charge in [-0.05, 0) is 37.6 Å². The number of benzene rings is 1. The largest absolute Gasteiger partial charge is 0.494 e. The van der Waals surface area contributed by atoms with E-state index < -0.39 is 11.4 Å². The predicted octanol–water partition coefficient (Wildman–Crippen LogP) is 1.73. The summed E-state index contributed by atoms with van der Waals surface area (Å²) in [5, 5.41) is 12.0. The number of carbonyl (C=O) groups is 1. The predicted molar refractivity (Wildman–Crippen MR) is 71.3 cm³/mol. The third-order valence-electron chi connectivity index (χ3n) is 2.30. The second-order valence-electron chi connectivity index (χ2n) is 4.76. The summed E-state index contributed by atoms with van der Waals surface area (Å²) >= 11 is 0. The number of carbonyl (C=O) groups excluding carboxylic acids is 1. The standard InChI is InChI=1S/C14H18FNO3/c1-14(2,18)9-16-13(17)7-5-10-4-6-12(19-3)11(15)8-10/h4-8,18H,9H2,1-3H3,(H,16,17). The van der Waals surface area contributed by atoms with Gasteiger partial charge in [0.2, 0.25) is 5.91 Å². The number of methoxy groups -OCH3 is 1. The maximum Gasteiger partial charge on any atom is 0.244 e. The van der Waals surface area contributed by atoms with Crippen LogP contribution in [0.3, 0.4) is 0 Å². The number of hydrogen-bond donors (Lipinski definition) is 2. The monoisotopic (exact) mass is 267 g/mol. The molecule has 0 bridgehead atoms. The van der Waals surface area contributed by atoms with Crippen molar-refractivity contribution in [2.24, 2.45) is 0 Å². The Morgan fingerprint density at radius 2 is 2.21 bits per heavy atom. The molecule has 5 heteroatoms. The topological polar surface area (TPSA) is 58.6 Å². The molecule has 1 amide bonds. The van der Waals surface area contributed by atoms with Crippen LogP contribution in [0.15, 0.2) is 24.3 Å². The summed E-state index contributed by atoms with van der Waals surface area (Å²) in [5.74, 6) is -0.677. The molecular weight excluding hydrogens is 249 g/mol. The summed E-state index contributed by atoms with van der Waals surface area (Å²) < 4.78 is 18.2. The van der Waals surface area contributed by atoms with Crippen molar-refractivity contribution in [3.63, 3.8) is 0 Å². The Labute approximate surface area is 111 Å². The molecule has 0 fully saturated rings. The molecule has 104 valence electrons. The molecule has 1 aromatic carbocycles. The lowest BCUT2D eigenvalue weighted by molar-refractivity contribution is -0.117. The first-order chi connectivity index (χ1) is 8.81. The lowest BCUT2D eigenvalue weighted by atomic mass is 10.1. The first kappa shape index (κ1) is 15.2. The molecule has 0 radical (unpaired) electrons. The van der Waals surface area contributed by atoms with Gasteiger partial charge in [-0.3, -0.25) is 4.79 Å². The van der Waals surface area contributed by atoms with Gasteiger partial charge in [0.1, 0.15) is 0 Å². The summed E-state index contributed by atoms with van der Waals surface area (Å²) in [6.07, 6.45) is 2.77. The van der Waals surface area contributed by atoms with Gasteiger partial charge in [-0.2, -0.15) is 0 Å². The fourth-order valence-corrected chi connectivity index (χ4v) is 1.32. The van der Waals surface area contributed by atoms with Crippen molar-refractivity contribution < 1.29 is 19.0 Å². The van der Waals surface area contributed by atoms with E-state index in [0.29, 0.717) is 5.56 Å². The zero-order chi connectivity index (χ0) is 14.5. The summed E-state index contributed by atoms with van der Waals surface area (Å²) in [4.78, 5) is 11.4. The summed E-state index contributed by atoms with van der Waals surface area (Å²) in [7, 11) is 1.39. The molecular formula is C14H18FNO3. The number of halogens is 1. The fourth-order valence-electron chi connectivity index (χ4n) is 1.32. The van der Waals surface area contributed by atoms with E-state index in [2.05, 4.69) is 5.32 Å². The lowest BCUT2D eigenvalue weighted by Crippen LogP contribution is -2.37. The number of nitrogens with one attached hydrogen (secondary N) is 1.